The molecule has 2 N–H and O–H groups in total. The fraction of sp³-hybridized carbons (Fsp3) is 0.412. The number of carbonyl (C=O) groups excluding carboxylic acids is 1. The van der Waals surface area contributed by atoms with Crippen LogP contribution < -0.4 is 5.32 Å². The van der Waals surface area contributed by atoms with Crippen LogP contribution in [0.5, 0.6) is 0 Å². The highest BCUT2D eigenvalue weighted by Crippen LogP contribution is 2.42. The molecule has 10 heteroatoms. The molecule has 0 atom stereocenters. The average Bonchev–Trinajstić information content (AvgIpc) is 3.54. The van der Waals surface area contributed by atoms with Crippen molar-refractivity contribution in [2.24, 2.45) is 7.05 Å². The number of thiazole rings is 1. The van der Waals surface area contributed by atoms with Gasteiger partial charge in [0.05, 0.1) is 34.5 Å². The van der Waals surface area contributed by atoms with Gasteiger partial charge in [-0.3, -0.25) is 9.48 Å². The Kier molecular flexibility index (Phi) is 9.70. The second kappa shape index (κ2) is 13.3. The van der Waals surface area contributed by atoms with Crippen molar-refractivity contribution in [3.05, 3.63) is 64.4 Å². The van der Waals surface area contributed by atoms with Crippen molar-refractivity contribution in [3.63, 3.8) is 0 Å². The molecule has 1 saturated heterocycles. The van der Waals surface area contributed by atoms with Crippen LogP contribution in [0.15, 0.2) is 42.6 Å². The number of aliphatic hydroxyl groups is 1. The highest BCUT2D eigenvalue weighted by molar-refractivity contribution is 7.22. The number of rotatable bonds is 6. The molecule has 0 amide bonds. The van der Waals surface area contributed by atoms with Gasteiger partial charge in [-0.15, -0.1) is 11.3 Å². The first kappa shape index (κ1) is 32.0. The van der Waals surface area contributed by atoms with Crippen LogP contribution in [0.1, 0.15) is 63.3 Å². The summed E-state index contributed by atoms with van der Waals surface area (Å²) in [6, 6.07) is 12.0. The highest BCUT2D eigenvalue weighted by Gasteiger charge is 2.24. The average molecular weight is 634 g/mol. The molecule has 6 rings (SSSR count). The molecule has 0 aliphatic carbocycles. The van der Waals surface area contributed by atoms with E-state index >= 15 is 0 Å². The predicted molar refractivity (Wildman–Crippen MR) is 179 cm³/mol. The van der Waals surface area contributed by atoms with Gasteiger partial charge in [0.1, 0.15) is 5.01 Å². The molecule has 1 aliphatic rings. The minimum absolute atomic E-state index is 0.198. The standard InChI is InChI=1S/C30H30ClN5O2S.C4H10O/c1-4-38-25(37)15-22-17(2)13-24-28(26(22)18-5-7-21(31)8-6-18)39-30(34-24)20-14-23-27(19-9-11-32-12-10-19)35-36(3)29(23)33-16-20;1-4(2,3)5/h5-8,13-14,16,19,32H,4,9-12,15H2,1-3H3;5H,1-3H3. The van der Waals surface area contributed by atoms with Crippen molar-refractivity contribution in [3.8, 4) is 21.7 Å². The number of carbonyl (C=O) groups is 1. The van der Waals surface area contributed by atoms with E-state index in [0.717, 1.165) is 85.7 Å². The number of nitrogens with one attached hydrogen (secondary N) is 1. The molecule has 44 heavy (non-hydrogen) atoms. The van der Waals surface area contributed by atoms with Crippen LogP contribution in [0.3, 0.4) is 0 Å². The Bertz CT molecular complexity index is 1780. The molecule has 0 spiro atoms. The molecule has 2 aromatic carbocycles. The molecule has 5 aromatic rings. The van der Waals surface area contributed by atoms with E-state index in [-0.39, 0.29) is 12.4 Å². The van der Waals surface area contributed by atoms with Gasteiger partial charge in [-0.2, -0.15) is 5.10 Å². The van der Waals surface area contributed by atoms with E-state index in [0.29, 0.717) is 17.5 Å². The third kappa shape index (κ3) is 7.29. The zero-order valence-corrected chi connectivity index (χ0v) is 27.8. The van der Waals surface area contributed by atoms with E-state index in [4.69, 9.17) is 36.5 Å². The van der Waals surface area contributed by atoms with Crippen molar-refractivity contribution in [2.75, 3.05) is 19.7 Å². The molecule has 8 nitrogen and oxygen atoms in total. The van der Waals surface area contributed by atoms with Crippen molar-refractivity contribution >= 4 is 50.2 Å². The second-order valence-corrected chi connectivity index (χ2v) is 13.6. The number of aromatic nitrogens is 4. The maximum Gasteiger partial charge on any atom is 0.310 e. The van der Waals surface area contributed by atoms with Crippen molar-refractivity contribution in [1.29, 1.82) is 0 Å². The lowest BCUT2D eigenvalue weighted by molar-refractivity contribution is -0.142. The van der Waals surface area contributed by atoms with Crippen molar-refractivity contribution in [2.45, 2.75) is 65.4 Å². The Balaban J connectivity index is 0.000000712. The second-order valence-electron chi connectivity index (χ2n) is 12.2. The molecule has 0 radical (unpaired) electrons. The van der Waals surface area contributed by atoms with Crippen molar-refractivity contribution in [1.82, 2.24) is 25.1 Å². The van der Waals surface area contributed by atoms with E-state index in [1.807, 2.05) is 56.0 Å². The number of halogens is 1. The third-order valence-electron chi connectivity index (χ3n) is 7.45. The molecular formula is C34H40ClN5O3S. The van der Waals surface area contributed by atoms with Gasteiger partial charge in [-0.25, -0.2) is 9.97 Å². The van der Waals surface area contributed by atoms with Gasteiger partial charge in [0, 0.05) is 40.7 Å². The first-order chi connectivity index (χ1) is 20.9. The Morgan fingerprint density at radius 1 is 1.16 bits per heavy atom. The number of esters is 1. The molecule has 0 bridgehead atoms. The SMILES string of the molecule is CC(C)(C)O.CCOC(=O)Cc1c(C)cc2nc(-c3cnc4c(c3)c(C3CCNCC3)nn4C)sc2c1-c1ccc(Cl)cc1. The van der Waals surface area contributed by atoms with Crippen LogP contribution in [-0.2, 0) is 23.0 Å². The van der Waals surface area contributed by atoms with E-state index in [1.54, 1.807) is 32.1 Å². The van der Waals surface area contributed by atoms with Crippen LogP contribution in [-0.4, -0.2) is 56.1 Å². The summed E-state index contributed by atoms with van der Waals surface area (Å²) in [5.74, 6) is 0.184. The minimum atomic E-state index is -0.500. The topological polar surface area (TPSA) is 102 Å². The summed E-state index contributed by atoms with van der Waals surface area (Å²) in [5, 5.41) is 19.5. The molecule has 4 heterocycles. The summed E-state index contributed by atoms with van der Waals surface area (Å²) in [4.78, 5) is 22.4. The Labute approximate surface area is 267 Å². The highest BCUT2D eigenvalue weighted by atomic mass is 35.5. The Hall–Kier alpha value is -3.37. The van der Waals surface area contributed by atoms with Crippen molar-refractivity contribution < 1.29 is 14.6 Å². The van der Waals surface area contributed by atoms with Gasteiger partial charge >= 0.3 is 5.97 Å². The number of hydrogen-bond donors (Lipinski definition) is 2. The third-order valence-corrected chi connectivity index (χ3v) is 8.84. The normalized spacial score (nSPS) is 14.1. The van der Waals surface area contributed by atoms with Crippen LogP contribution in [0.2, 0.25) is 5.02 Å². The molecule has 3 aromatic heterocycles. The lowest BCUT2D eigenvalue weighted by Gasteiger charge is -2.21. The molecule has 0 saturated carbocycles. The van der Waals surface area contributed by atoms with E-state index in [1.165, 1.54) is 0 Å². The maximum absolute atomic E-state index is 12.6. The van der Waals surface area contributed by atoms with Gasteiger partial charge < -0.3 is 15.2 Å². The quantitative estimate of drug-likeness (QED) is 0.190. The summed E-state index contributed by atoms with van der Waals surface area (Å²) in [6.45, 7) is 11.5. The fourth-order valence-corrected chi connectivity index (χ4v) is 6.79. The van der Waals surface area contributed by atoms with Crippen LogP contribution in [0.4, 0.5) is 0 Å². The smallest absolute Gasteiger partial charge is 0.310 e. The zero-order valence-electron chi connectivity index (χ0n) is 26.2. The van der Waals surface area contributed by atoms with E-state index in [9.17, 15) is 4.79 Å². The monoisotopic (exact) mass is 633 g/mol. The molecule has 232 valence electrons. The Morgan fingerprint density at radius 3 is 2.50 bits per heavy atom. The van der Waals surface area contributed by atoms with Crippen LogP contribution in [0, 0.1) is 6.92 Å². The first-order valence-electron chi connectivity index (χ1n) is 15.0. The zero-order chi connectivity index (χ0) is 31.6. The summed E-state index contributed by atoms with van der Waals surface area (Å²) >= 11 is 7.84. The van der Waals surface area contributed by atoms with E-state index < -0.39 is 5.60 Å². The van der Waals surface area contributed by atoms with Gasteiger partial charge in [0.25, 0.3) is 0 Å². The van der Waals surface area contributed by atoms with E-state index in [2.05, 4.69) is 17.4 Å². The first-order valence-corrected chi connectivity index (χ1v) is 16.2. The Morgan fingerprint density at radius 2 is 1.84 bits per heavy atom. The summed E-state index contributed by atoms with van der Waals surface area (Å²) in [5.41, 5.74) is 7.34. The number of ether oxygens (including phenoxy) is 1. The number of benzene rings is 2. The lowest BCUT2D eigenvalue weighted by Crippen LogP contribution is -2.26. The summed E-state index contributed by atoms with van der Waals surface area (Å²) < 4.78 is 8.23. The van der Waals surface area contributed by atoms with Gasteiger partial charge in [0.2, 0.25) is 0 Å². The largest absolute Gasteiger partial charge is 0.466 e. The molecule has 0 unspecified atom stereocenters. The van der Waals surface area contributed by atoms with Gasteiger partial charge in [-0.1, -0.05) is 23.7 Å². The molecule has 1 fully saturated rings. The summed E-state index contributed by atoms with van der Waals surface area (Å²) in [7, 11) is 1.96. The fourth-order valence-electron chi connectivity index (χ4n) is 5.55. The number of nitrogens with zero attached hydrogens (tertiary/aromatic N) is 4. The minimum Gasteiger partial charge on any atom is -0.466 e. The molecular weight excluding hydrogens is 594 g/mol. The van der Waals surface area contributed by atoms with Crippen LogP contribution in [0.25, 0.3) is 42.9 Å². The van der Waals surface area contributed by atoms with Gasteiger partial charge in [-0.05, 0) is 102 Å². The number of piperidine rings is 1. The lowest BCUT2D eigenvalue weighted by atomic mass is 9.93. The summed E-state index contributed by atoms with van der Waals surface area (Å²) in [6.07, 6.45) is 4.24. The molecule has 1 aliphatic heterocycles. The van der Waals surface area contributed by atoms with Gasteiger partial charge in [0.15, 0.2) is 5.65 Å². The number of hydrogen-bond acceptors (Lipinski definition) is 8. The van der Waals surface area contributed by atoms with Crippen LogP contribution >= 0.6 is 22.9 Å². The predicted octanol–water partition coefficient (Wildman–Crippen LogP) is 7.22. The maximum atomic E-state index is 12.6. The number of pyridine rings is 1. The number of aryl methyl sites for hydroxylation is 2. The number of fused-ring (bicyclic) bond motifs is 2.